The maximum atomic E-state index is 13.0. The highest BCUT2D eigenvalue weighted by Gasteiger charge is 2.22. The molecule has 0 heterocycles. The van der Waals surface area contributed by atoms with Crippen LogP contribution in [0.5, 0.6) is 5.75 Å². The minimum atomic E-state index is -0.783. The molecule has 0 aliphatic rings. The Bertz CT molecular complexity index is 1180. The minimum absolute atomic E-state index is 0.0676. The number of carbonyl (C=O) groups is 3. The number of methoxy groups -OCH3 is 1. The summed E-state index contributed by atoms with van der Waals surface area (Å²) in [7, 11) is 3.08. The van der Waals surface area contributed by atoms with E-state index >= 15 is 0 Å². The van der Waals surface area contributed by atoms with E-state index in [0.717, 1.165) is 5.56 Å². The van der Waals surface area contributed by atoms with Crippen molar-refractivity contribution in [2.24, 2.45) is 0 Å². The fourth-order valence-corrected chi connectivity index (χ4v) is 3.28. The SMILES string of the molecule is COc1cc(Cl)c(C)cc1NC(=O)COC(=O)c1ccccc1C(=O)N(C)c1ccccc1. The number of aryl methyl sites for hydroxylation is 1. The van der Waals surface area contributed by atoms with Crippen LogP contribution in [0.1, 0.15) is 26.3 Å². The molecule has 3 aromatic rings. The highest BCUT2D eigenvalue weighted by atomic mass is 35.5. The van der Waals surface area contributed by atoms with E-state index in [0.29, 0.717) is 22.1 Å². The van der Waals surface area contributed by atoms with Crippen molar-refractivity contribution in [1.29, 1.82) is 0 Å². The first-order chi connectivity index (χ1) is 15.8. The summed E-state index contributed by atoms with van der Waals surface area (Å²) in [5.74, 6) is -1.34. The van der Waals surface area contributed by atoms with Crippen LogP contribution < -0.4 is 15.0 Å². The van der Waals surface area contributed by atoms with E-state index in [1.165, 1.54) is 18.1 Å². The van der Waals surface area contributed by atoms with Crippen LogP contribution in [-0.2, 0) is 9.53 Å². The molecule has 0 bridgehead atoms. The van der Waals surface area contributed by atoms with Gasteiger partial charge in [0.2, 0.25) is 0 Å². The van der Waals surface area contributed by atoms with Gasteiger partial charge >= 0.3 is 5.97 Å². The van der Waals surface area contributed by atoms with Crippen molar-refractivity contribution in [2.45, 2.75) is 6.92 Å². The normalized spacial score (nSPS) is 10.3. The number of hydrogen-bond donors (Lipinski definition) is 1. The van der Waals surface area contributed by atoms with Gasteiger partial charge in [-0.1, -0.05) is 41.9 Å². The number of carbonyl (C=O) groups excluding carboxylic acids is 3. The van der Waals surface area contributed by atoms with Crippen molar-refractivity contribution in [3.8, 4) is 5.75 Å². The maximum Gasteiger partial charge on any atom is 0.339 e. The lowest BCUT2D eigenvalue weighted by Crippen LogP contribution is -2.28. The van der Waals surface area contributed by atoms with Gasteiger partial charge in [0.25, 0.3) is 11.8 Å². The van der Waals surface area contributed by atoms with Gasteiger partial charge in [-0.05, 0) is 42.8 Å². The number of para-hydroxylation sites is 1. The molecule has 8 heteroatoms. The Balaban J connectivity index is 1.70. The molecule has 0 aromatic heterocycles. The number of anilines is 2. The molecule has 3 rings (SSSR count). The first-order valence-electron chi connectivity index (χ1n) is 10.0. The quantitative estimate of drug-likeness (QED) is 0.509. The van der Waals surface area contributed by atoms with Crippen LogP contribution in [0, 0.1) is 6.92 Å². The van der Waals surface area contributed by atoms with Crippen molar-refractivity contribution < 1.29 is 23.9 Å². The highest BCUT2D eigenvalue weighted by Crippen LogP contribution is 2.30. The molecule has 0 fully saturated rings. The van der Waals surface area contributed by atoms with Crippen LogP contribution in [0.25, 0.3) is 0 Å². The molecule has 7 nitrogen and oxygen atoms in total. The first kappa shape index (κ1) is 23.8. The average Bonchev–Trinajstić information content (AvgIpc) is 2.84. The van der Waals surface area contributed by atoms with Crippen molar-refractivity contribution in [3.05, 3.63) is 88.4 Å². The van der Waals surface area contributed by atoms with Crippen LogP contribution in [0.4, 0.5) is 11.4 Å². The van der Waals surface area contributed by atoms with E-state index in [2.05, 4.69) is 5.32 Å². The molecule has 170 valence electrons. The molecule has 33 heavy (non-hydrogen) atoms. The van der Waals surface area contributed by atoms with Crippen LogP contribution >= 0.6 is 11.6 Å². The summed E-state index contributed by atoms with van der Waals surface area (Å²) in [5, 5.41) is 3.14. The summed E-state index contributed by atoms with van der Waals surface area (Å²) in [5.41, 5.74) is 2.07. The Kier molecular flexibility index (Phi) is 7.69. The molecule has 0 atom stereocenters. The summed E-state index contributed by atoms with van der Waals surface area (Å²) < 4.78 is 10.4. The number of benzene rings is 3. The summed E-state index contributed by atoms with van der Waals surface area (Å²) in [6, 6.07) is 18.6. The largest absolute Gasteiger partial charge is 0.495 e. The fraction of sp³-hybridized carbons (Fsp3) is 0.160. The van der Waals surface area contributed by atoms with E-state index in [-0.39, 0.29) is 17.0 Å². The number of nitrogens with zero attached hydrogens (tertiary/aromatic N) is 1. The Morgan fingerprint density at radius 2 is 1.61 bits per heavy atom. The first-order valence-corrected chi connectivity index (χ1v) is 10.4. The summed E-state index contributed by atoms with van der Waals surface area (Å²) in [6.45, 7) is 1.25. The van der Waals surface area contributed by atoms with Crippen LogP contribution in [-0.4, -0.2) is 38.5 Å². The van der Waals surface area contributed by atoms with E-state index in [1.54, 1.807) is 56.4 Å². The minimum Gasteiger partial charge on any atom is -0.495 e. The molecule has 0 aliphatic heterocycles. The molecule has 3 aromatic carbocycles. The Morgan fingerprint density at radius 1 is 0.970 bits per heavy atom. The number of halogens is 1. The maximum absolute atomic E-state index is 13.0. The Morgan fingerprint density at radius 3 is 2.27 bits per heavy atom. The van der Waals surface area contributed by atoms with Crippen molar-refractivity contribution in [3.63, 3.8) is 0 Å². The van der Waals surface area contributed by atoms with E-state index in [9.17, 15) is 14.4 Å². The molecular formula is C25H23ClN2O5. The molecule has 0 aliphatic carbocycles. The second-order valence-corrected chi connectivity index (χ2v) is 7.58. The molecule has 0 saturated carbocycles. The van der Waals surface area contributed by atoms with Gasteiger partial charge in [-0.25, -0.2) is 4.79 Å². The molecule has 0 unspecified atom stereocenters. The number of rotatable bonds is 7. The van der Waals surface area contributed by atoms with E-state index in [1.807, 2.05) is 18.2 Å². The van der Waals surface area contributed by atoms with Crippen LogP contribution in [0.3, 0.4) is 0 Å². The zero-order valence-electron chi connectivity index (χ0n) is 18.4. The van der Waals surface area contributed by atoms with Crippen LogP contribution in [0.15, 0.2) is 66.7 Å². The van der Waals surface area contributed by atoms with Gasteiger partial charge in [0.15, 0.2) is 6.61 Å². The zero-order valence-corrected chi connectivity index (χ0v) is 19.2. The molecule has 0 saturated heterocycles. The van der Waals surface area contributed by atoms with Crippen molar-refractivity contribution in [2.75, 3.05) is 31.0 Å². The summed E-state index contributed by atoms with van der Waals surface area (Å²) >= 11 is 6.08. The molecule has 0 radical (unpaired) electrons. The third kappa shape index (κ3) is 5.70. The van der Waals surface area contributed by atoms with Gasteiger partial charge in [-0.15, -0.1) is 0 Å². The predicted octanol–water partition coefficient (Wildman–Crippen LogP) is 4.73. The monoisotopic (exact) mass is 466 g/mol. The standard InChI is InChI=1S/C25H23ClN2O5/c1-16-13-21(22(32-3)14-20(16)26)27-23(29)15-33-25(31)19-12-8-7-11-18(19)24(30)28(2)17-9-5-4-6-10-17/h4-14H,15H2,1-3H3,(H,27,29). The molecular weight excluding hydrogens is 444 g/mol. The van der Waals surface area contributed by atoms with E-state index < -0.39 is 18.5 Å². The number of esters is 1. The molecule has 2 amide bonds. The summed E-state index contributed by atoms with van der Waals surface area (Å²) in [6.07, 6.45) is 0. The van der Waals surface area contributed by atoms with Gasteiger partial charge in [-0.2, -0.15) is 0 Å². The van der Waals surface area contributed by atoms with Gasteiger partial charge in [0.05, 0.1) is 23.9 Å². The van der Waals surface area contributed by atoms with Crippen LogP contribution in [0.2, 0.25) is 5.02 Å². The third-order valence-corrected chi connectivity index (χ3v) is 5.32. The lowest BCUT2D eigenvalue weighted by molar-refractivity contribution is -0.119. The Hall–Kier alpha value is -3.84. The third-order valence-electron chi connectivity index (χ3n) is 4.91. The smallest absolute Gasteiger partial charge is 0.339 e. The number of hydrogen-bond acceptors (Lipinski definition) is 5. The number of nitrogens with one attached hydrogen (secondary N) is 1. The summed E-state index contributed by atoms with van der Waals surface area (Å²) in [4.78, 5) is 39.5. The molecule has 0 spiro atoms. The lowest BCUT2D eigenvalue weighted by Gasteiger charge is -2.19. The fourth-order valence-electron chi connectivity index (χ4n) is 3.12. The van der Waals surface area contributed by atoms with Gasteiger partial charge in [0.1, 0.15) is 5.75 Å². The highest BCUT2D eigenvalue weighted by molar-refractivity contribution is 6.31. The van der Waals surface area contributed by atoms with Gasteiger partial charge < -0.3 is 19.7 Å². The topological polar surface area (TPSA) is 84.9 Å². The molecule has 1 N–H and O–H groups in total. The van der Waals surface area contributed by atoms with Gasteiger partial charge in [-0.3, -0.25) is 9.59 Å². The average molecular weight is 467 g/mol. The number of amides is 2. The van der Waals surface area contributed by atoms with Crippen molar-refractivity contribution >= 4 is 40.8 Å². The van der Waals surface area contributed by atoms with E-state index in [4.69, 9.17) is 21.1 Å². The zero-order chi connectivity index (χ0) is 24.0. The lowest BCUT2D eigenvalue weighted by atomic mass is 10.1. The van der Waals surface area contributed by atoms with Gasteiger partial charge in [0, 0.05) is 23.8 Å². The second-order valence-electron chi connectivity index (χ2n) is 7.17. The van der Waals surface area contributed by atoms with Crippen molar-refractivity contribution in [1.82, 2.24) is 0 Å². The predicted molar refractivity (Wildman–Crippen MR) is 127 cm³/mol. The number of ether oxygens (including phenoxy) is 2. The second kappa shape index (κ2) is 10.7. The Labute approximate surface area is 196 Å².